The molecule has 39 heavy (non-hydrogen) atoms. The summed E-state index contributed by atoms with van der Waals surface area (Å²) in [7, 11) is -8.24. The number of thiophene rings is 1. The molecule has 1 aromatic carbocycles. The van der Waals surface area contributed by atoms with E-state index in [1.54, 1.807) is 0 Å². The van der Waals surface area contributed by atoms with Gasteiger partial charge in [0.2, 0.25) is 0 Å². The van der Waals surface area contributed by atoms with Crippen LogP contribution in [0.5, 0.6) is 0 Å². The van der Waals surface area contributed by atoms with Gasteiger partial charge in [0.15, 0.2) is 16.1 Å². The van der Waals surface area contributed by atoms with E-state index in [4.69, 9.17) is 10.5 Å². The molecule has 2 aliphatic heterocycles. The van der Waals surface area contributed by atoms with Crippen LogP contribution < -0.4 is 5.73 Å². The average molecular weight is 616 g/mol. The van der Waals surface area contributed by atoms with Gasteiger partial charge in [-0.3, -0.25) is 5.73 Å². The Balaban J connectivity index is 1.57. The van der Waals surface area contributed by atoms with Crippen LogP contribution in [0.1, 0.15) is 29.0 Å². The lowest BCUT2D eigenvalue weighted by atomic mass is 9.97. The zero-order chi connectivity index (χ0) is 28.6. The van der Waals surface area contributed by atoms with E-state index >= 15 is 0 Å². The van der Waals surface area contributed by atoms with E-state index in [0.717, 1.165) is 16.4 Å². The number of nitrogens with zero attached hydrogens (tertiary/aromatic N) is 2. The SMILES string of the molecule is NC(OC(=O)C(F)(F)F)c1ccc(S(=O)(=O)CC2CC(c3ccc(F)cc3)CN2S(=O)(=O)N2CCOCC2)s1. The smallest absolute Gasteiger partial charge is 0.435 e. The first-order valence-corrected chi connectivity index (χ1v) is 15.5. The van der Waals surface area contributed by atoms with Crippen LogP contribution in [0, 0.1) is 5.82 Å². The summed E-state index contributed by atoms with van der Waals surface area (Å²) in [5, 5.41) is 0. The first kappa shape index (κ1) is 29.8. The van der Waals surface area contributed by atoms with E-state index in [2.05, 4.69) is 4.74 Å². The fraction of sp³-hybridized carbons (Fsp3) is 0.500. The molecule has 4 rings (SSSR count). The summed E-state index contributed by atoms with van der Waals surface area (Å²) in [4.78, 5) is 10.9. The molecule has 2 saturated heterocycles. The van der Waals surface area contributed by atoms with Gasteiger partial charge in [-0.2, -0.15) is 30.2 Å². The summed E-state index contributed by atoms with van der Waals surface area (Å²) >= 11 is 0.525. The molecule has 0 spiro atoms. The van der Waals surface area contributed by atoms with Gasteiger partial charge in [-0.15, -0.1) is 11.3 Å². The third-order valence-electron chi connectivity index (χ3n) is 6.36. The number of carbonyl (C=O) groups excluding carboxylic acids is 1. The Labute approximate surface area is 226 Å². The Morgan fingerprint density at radius 3 is 2.36 bits per heavy atom. The molecule has 2 N–H and O–H groups in total. The molecule has 0 radical (unpaired) electrons. The van der Waals surface area contributed by atoms with E-state index in [0.29, 0.717) is 16.9 Å². The maximum Gasteiger partial charge on any atom is 0.490 e. The highest BCUT2D eigenvalue weighted by Crippen LogP contribution is 2.37. The Morgan fingerprint density at radius 2 is 1.74 bits per heavy atom. The van der Waals surface area contributed by atoms with E-state index in [1.807, 2.05) is 0 Å². The number of benzene rings is 1. The number of ether oxygens (including phenoxy) is 2. The minimum Gasteiger partial charge on any atom is -0.435 e. The molecule has 3 heterocycles. The highest BCUT2D eigenvalue weighted by molar-refractivity contribution is 7.93. The lowest BCUT2D eigenvalue weighted by Gasteiger charge is -2.32. The zero-order valence-corrected chi connectivity index (χ0v) is 22.7. The Hall–Kier alpha value is -2.15. The number of hydrogen-bond donors (Lipinski definition) is 1. The van der Waals surface area contributed by atoms with Gasteiger partial charge in [0.25, 0.3) is 10.2 Å². The molecule has 3 atom stereocenters. The number of sulfone groups is 1. The minimum atomic E-state index is -5.28. The molecular weight excluding hydrogens is 590 g/mol. The van der Waals surface area contributed by atoms with Gasteiger partial charge in [0, 0.05) is 25.7 Å². The van der Waals surface area contributed by atoms with Crippen LogP contribution in [-0.2, 0) is 34.3 Å². The van der Waals surface area contributed by atoms with Crippen LogP contribution in [0.2, 0.25) is 0 Å². The fourth-order valence-corrected chi connectivity index (χ4v) is 9.29. The quantitative estimate of drug-likeness (QED) is 0.271. The van der Waals surface area contributed by atoms with Crippen LogP contribution in [0.15, 0.2) is 40.6 Å². The molecular formula is C22H25F4N3O7S3. The summed E-state index contributed by atoms with van der Waals surface area (Å²) in [6.45, 7) is 0.549. The van der Waals surface area contributed by atoms with Gasteiger partial charge < -0.3 is 9.47 Å². The van der Waals surface area contributed by atoms with Crippen LogP contribution in [0.25, 0.3) is 0 Å². The number of esters is 1. The second kappa shape index (κ2) is 11.4. The second-order valence-corrected chi connectivity index (χ2v) is 14.2. The number of carbonyl (C=O) groups is 1. The predicted molar refractivity (Wildman–Crippen MR) is 131 cm³/mol. The molecule has 2 aliphatic rings. The number of halogens is 4. The highest BCUT2D eigenvalue weighted by atomic mass is 32.2. The number of morpholine rings is 1. The van der Waals surface area contributed by atoms with E-state index in [1.165, 1.54) is 28.6 Å². The van der Waals surface area contributed by atoms with Crippen molar-refractivity contribution in [2.24, 2.45) is 5.73 Å². The van der Waals surface area contributed by atoms with Gasteiger partial charge in [0.1, 0.15) is 10.0 Å². The summed E-state index contributed by atoms with van der Waals surface area (Å²) < 4.78 is 116. The van der Waals surface area contributed by atoms with Crippen molar-refractivity contribution in [1.82, 2.24) is 8.61 Å². The van der Waals surface area contributed by atoms with Crippen molar-refractivity contribution in [2.45, 2.75) is 35.0 Å². The minimum absolute atomic E-state index is 0.0283. The highest BCUT2D eigenvalue weighted by Gasteiger charge is 2.45. The van der Waals surface area contributed by atoms with E-state index in [9.17, 15) is 39.2 Å². The van der Waals surface area contributed by atoms with Crippen molar-refractivity contribution >= 4 is 37.4 Å². The van der Waals surface area contributed by atoms with Gasteiger partial charge in [-0.1, -0.05) is 12.1 Å². The molecule has 10 nitrogen and oxygen atoms in total. The van der Waals surface area contributed by atoms with Crippen molar-refractivity contribution in [1.29, 1.82) is 0 Å². The second-order valence-electron chi connectivity index (χ2n) is 8.99. The summed E-state index contributed by atoms with van der Waals surface area (Å²) in [5.74, 6) is -4.02. The number of alkyl halides is 3. The van der Waals surface area contributed by atoms with E-state index in [-0.39, 0.29) is 48.4 Å². The third kappa shape index (κ3) is 6.78. The van der Waals surface area contributed by atoms with Crippen molar-refractivity contribution in [3.05, 3.63) is 52.7 Å². The van der Waals surface area contributed by atoms with Crippen molar-refractivity contribution in [2.75, 3.05) is 38.6 Å². The van der Waals surface area contributed by atoms with Crippen molar-refractivity contribution < 1.29 is 48.7 Å². The normalized spacial score (nSPS) is 22.6. The fourth-order valence-electron chi connectivity index (χ4n) is 4.45. The van der Waals surface area contributed by atoms with E-state index < -0.39 is 61.9 Å². The Morgan fingerprint density at radius 1 is 1.10 bits per heavy atom. The first-order chi connectivity index (χ1) is 18.2. The molecule has 3 unspecified atom stereocenters. The standard InChI is InChI=1S/C22H25F4N3O7S3/c23-16-3-1-14(2-4-16)15-11-17(29(12-15)39(33,34)28-7-9-35-10-8-28)13-38(31,32)19-6-5-18(37-19)20(27)36-21(30)22(24,25)26/h1-6,15,17,20H,7-13,27H2. The van der Waals surface area contributed by atoms with Crippen LogP contribution in [-0.4, -0.2) is 82.2 Å². The molecule has 1 aromatic heterocycles. The Kier molecular flexibility index (Phi) is 8.70. The largest absolute Gasteiger partial charge is 0.490 e. The van der Waals surface area contributed by atoms with Gasteiger partial charge in [0.05, 0.1) is 23.8 Å². The van der Waals surface area contributed by atoms with Crippen LogP contribution in [0.3, 0.4) is 0 Å². The maximum absolute atomic E-state index is 13.5. The number of nitrogens with two attached hydrogens (primary N) is 1. The molecule has 0 saturated carbocycles. The van der Waals surface area contributed by atoms with Gasteiger partial charge >= 0.3 is 12.1 Å². The first-order valence-electron chi connectivity index (χ1n) is 11.6. The summed E-state index contributed by atoms with van der Waals surface area (Å²) in [5.41, 5.74) is 6.16. The molecule has 2 fully saturated rings. The number of rotatable bonds is 8. The molecule has 17 heteroatoms. The van der Waals surface area contributed by atoms with Crippen molar-refractivity contribution in [3.63, 3.8) is 0 Å². The van der Waals surface area contributed by atoms with Crippen LogP contribution >= 0.6 is 11.3 Å². The topological polar surface area (TPSA) is 136 Å². The van der Waals surface area contributed by atoms with Gasteiger partial charge in [-0.05, 0) is 42.2 Å². The molecule has 216 valence electrons. The van der Waals surface area contributed by atoms with Crippen LogP contribution in [0.4, 0.5) is 17.6 Å². The van der Waals surface area contributed by atoms with Crippen molar-refractivity contribution in [3.8, 4) is 0 Å². The average Bonchev–Trinajstić information content (AvgIpc) is 3.53. The molecule has 0 aliphatic carbocycles. The maximum atomic E-state index is 13.5. The molecule has 0 bridgehead atoms. The van der Waals surface area contributed by atoms with Gasteiger partial charge in [-0.25, -0.2) is 17.6 Å². The molecule has 2 aromatic rings. The number of hydrogen-bond acceptors (Lipinski definition) is 9. The summed E-state index contributed by atoms with van der Waals surface area (Å²) in [6, 6.07) is 6.77. The monoisotopic (exact) mass is 615 g/mol. The zero-order valence-electron chi connectivity index (χ0n) is 20.2. The lowest BCUT2D eigenvalue weighted by molar-refractivity contribution is -0.204. The predicted octanol–water partition coefficient (Wildman–Crippen LogP) is 2.16. The third-order valence-corrected chi connectivity index (χ3v) is 11.9. The lowest BCUT2D eigenvalue weighted by Crippen LogP contribution is -2.51. The Bertz CT molecular complexity index is 1390. The molecule has 0 amide bonds. The summed E-state index contributed by atoms with van der Waals surface area (Å²) in [6.07, 6.45) is -6.99.